The van der Waals surface area contributed by atoms with Crippen LogP contribution < -0.4 is 5.56 Å². The summed E-state index contributed by atoms with van der Waals surface area (Å²) in [6.07, 6.45) is 1.02. The molecule has 1 aromatic carbocycles. The first-order valence-electron chi connectivity index (χ1n) is 9.20. The van der Waals surface area contributed by atoms with Crippen LogP contribution in [0, 0.1) is 5.92 Å². The number of pyridine rings is 1. The number of amides is 1. The summed E-state index contributed by atoms with van der Waals surface area (Å²) in [6, 6.07) is 16.7. The Morgan fingerprint density at radius 3 is 2.74 bits per heavy atom. The lowest BCUT2D eigenvalue weighted by Crippen LogP contribution is -2.49. The molecule has 1 saturated heterocycles. The predicted octanol–water partition coefficient (Wildman–Crippen LogP) is 2.76. The van der Waals surface area contributed by atoms with Gasteiger partial charge in [0.25, 0.3) is 11.5 Å². The second-order valence-electron chi connectivity index (χ2n) is 7.35. The molecule has 6 nitrogen and oxygen atoms in total. The smallest absolute Gasteiger partial charge is 0.276 e. The van der Waals surface area contributed by atoms with Crippen molar-refractivity contribution in [3.63, 3.8) is 0 Å². The van der Waals surface area contributed by atoms with Gasteiger partial charge in [0.1, 0.15) is 0 Å². The Labute approximate surface area is 156 Å². The standard InChI is InChI=1S/C21H19N3O3/c25-20-8-4-7-18-16-9-14(12-24(18)20)11-23(13-16)21(26)17-10-19(27-22-17)15-5-2-1-3-6-15/h1-8,10,14,16H,9,11-13H2. The van der Waals surface area contributed by atoms with Crippen LogP contribution in [-0.4, -0.2) is 33.6 Å². The first-order valence-corrected chi connectivity index (χ1v) is 9.20. The molecule has 5 rings (SSSR count). The lowest BCUT2D eigenvalue weighted by Gasteiger charge is -2.42. The van der Waals surface area contributed by atoms with E-state index < -0.39 is 0 Å². The van der Waals surface area contributed by atoms with Crippen molar-refractivity contribution < 1.29 is 9.32 Å². The summed E-state index contributed by atoms with van der Waals surface area (Å²) in [5.74, 6) is 0.965. The maximum absolute atomic E-state index is 13.0. The van der Waals surface area contributed by atoms with E-state index in [0.717, 1.165) is 17.7 Å². The lowest BCUT2D eigenvalue weighted by atomic mass is 9.83. The van der Waals surface area contributed by atoms with Crippen LogP contribution in [-0.2, 0) is 6.54 Å². The molecule has 2 aliphatic heterocycles. The van der Waals surface area contributed by atoms with E-state index in [4.69, 9.17) is 4.52 Å². The third-order valence-corrected chi connectivity index (χ3v) is 5.55. The van der Waals surface area contributed by atoms with E-state index in [1.165, 1.54) is 0 Å². The van der Waals surface area contributed by atoms with Gasteiger partial charge < -0.3 is 14.0 Å². The molecule has 27 heavy (non-hydrogen) atoms. The number of hydrogen-bond acceptors (Lipinski definition) is 4. The zero-order chi connectivity index (χ0) is 18.4. The number of piperidine rings is 1. The molecule has 4 heterocycles. The summed E-state index contributed by atoms with van der Waals surface area (Å²) in [5, 5.41) is 4.00. The quantitative estimate of drug-likeness (QED) is 0.704. The molecule has 2 atom stereocenters. The minimum absolute atomic E-state index is 0.0472. The summed E-state index contributed by atoms with van der Waals surface area (Å²) in [5.41, 5.74) is 2.31. The van der Waals surface area contributed by atoms with Gasteiger partial charge in [-0.25, -0.2) is 0 Å². The number of hydrogen-bond donors (Lipinski definition) is 0. The van der Waals surface area contributed by atoms with Gasteiger partial charge in [-0.05, 0) is 18.4 Å². The first-order chi connectivity index (χ1) is 13.2. The Balaban J connectivity index is 1.40. The van der Waals surface area contributed by atoms with E-state index in [0.29, 0.717) is 37.0 Å². The van der Waals surface area contributed by atoms with E-state index in [9.17, 15) is 9.59 Å². The van der Waals surface area contributed by atoms with Crippen LogP contribution in [0.5, 0.6) is 0 Å². The minimum Gasteiger partial charge on any atom is -0.355 e. The van der Waals surface area contributed by atoms with Crippen molar-refractivity contribution in [3.05, 3.63) is 76.3 Å². The first kappa shape index (κ1) is 16.1. The number of benzene rings is 1. The number of rotatable bonds is 2. The Morgan fingerprint density at radius 2 is 1.89 bits per heavy atom. The molecule has 1 amide bonds. The number of fused-ring (bicyclic) bond motifs is 4. The topological polar surface area (TPSA) is 68.3 Å². The largest absolute Gasteiger partial charge is 0.355 e. The molecule has 0 spiro atoms. The lowest BCUT2D eigenvalue weighted by molar-refractivity contribution is 0.0584. The fourth-order valence-electron chi connectivity index (χ4n) is 4.34. The normalized spacial score (nSPS) is 21.0. The second-order valence-corrected chi connectivity index (χ2v) is 7.35. The van der Waals surface area contributed by atoms with Crippen LogP contribution in [0.4, 0.5) is 0 Å². The number of carbonyl (C=O) groups is 1. The summed E-state index contributed by atoms with van der Waals surface area (Å²) in [7, 11) is 0. The van der Waals surface area contributed by atoms with Gasteiger partial charge in [-0.2, -0.15) is 0 Å². The Morgan fingerprint density at radius 1 is 1.04 bits per heavy atom. The molecule has 1 fully saturated rings. The van der Waals surface area contributed by atoms with E-state index in [1.807, 2.05) is 45.9 Å². The van der Waals surface area contributed by atoms with Crippen LogP contribution in [0.3, 0.4) is 0 Å². The number of carbonyl (C=O) groups excluding carboxylic acids is 1. The van der Waals surface area contributed by atoms with Crippen molar-refractivity contribution in [3.8, 4) is 11.3 Å². The van der Waals surface area contributed by atoms with Crippen molar-refractivity contribution >= 4 is 5.91 Å². The van der Waals surface area contributed by atoms with Crippen LogP contribution in [0.25, 0.3) is 11.3 Å². The summed E-state index contributed by atoms with van der Waals surface area (Å²) < 4.78 is 7.25. The van der Waals surface area contributed by atoms with Crippen molar-refractivity contribution in [1.82, 2.24) is 14.6 Å². The molecule has 2 bridgehead atoms. The molecule has 2 aromatic heterocycles. The van der Waals surface area contributed by atoms with Crippen LogP contribution in [0.1, 0.15) is 28.5 Å². The Kier molecular flexibility index (Phi) is 3.70. The van der Waals surface area contributed by atoms with Crippen molar-refractivity contribution in [2.24, 2.45) is 5.92 Å². The van der Waals surface area contributed by atoms with Gasteiger partial charge in [-0.3, -0.25) is 9.59 Å². The molecule has 3 aromatic rings. The molecular weight excluding hydrogens is 342 g/mol. The Bertz CT molecular complexity index is 1050. The molecule has 2 unspecified atom stereocenters. The highest BCUT2D eigenvalue weighted by Gasteiger charge is 2.37. The van der Waals surface area contributed by atoms with E-state index >= 15 is 0 Å². The van der Waals surface area contributed by atoms with E-state index in [1.54, 1.807) is 18.2 Å². The van der Waals surface area contributed by atoms with E-state index in [-0.39, 0.29) is 17.4 Å². The highest BCUT2D eigenvalue weighted by molar-refractivity contribution is 5.93. The molecule has 0 aliphatic carbocycles. The summed E-state index contributed by atoms with van der Waals surface area (Å²) >= 11 is 0. The highest BCUT2D eigenvalue weighted by atomic mass is 16.5. The third-order valence-electron chi connectivity index (χ3n) is 5.55. The van der Waals surface area contributed by atoms with Crippen LogP contribution in [0.2, 0.25) is 0 Å². The molecule has 6 heteroatoms. The zero-order valence-corrected chi connectivity index (χ0v) is 14.7. The summed E-state index contributed by atoms with van der Waals surface area (Å²) in [4.78, 5) is 27.0. The second kappa shape index (κ2) is 6.23. The molecule has 0 saturated carbocycles. The van der Waals surface area contributed by atoms with E-state index in [2.05, 4.69) is 5.16 Å². The Hall–Kier alpha value is -3.15. The maximum atomic E-state index is 13.0. The van der Waals surface area contributed by atoms with Gasteiger partial charge in [-0.1, -0.05) is 41.6 Å². The monoisotopic (exact) mass is 361 g/mol. The van der Waals surface area contributed by atoms with Crippen molar-refractivity contribution in [2.45, 2.75) is 18.9 Å². The molecule has 2 aliphatic rings. The number of likely N-dealkylation sites (tertiary alicyclic amines) is 1. The van der Waals surface area contributed by atoms with Gasteiger partial charge in [0.15, 0.2) is 11.5 Å². The average Bonchev–Trinajstić information content (AvgIpc) is 3.19. The highest BCUT2D eigenvalue weighted by Crippen LogP contribution is 2.35. The van der Waals surface area contributed by atoms with Gasteiger partial charge in [0.05, 0.1) is 0 Å². The number of nitrogens with zero attached hydrogens (tertiary/aromatic N) is 3. The maximum Gasteiger partial charge on any atom is 0.276 e. The van der Waals surface area contributed by atoms with Gasteiger partial charge in [0.2, 0.25) is 0 Å². The fourth-order valence-corrected chi connectivity index (χ4v) is 4.34. The molecule has 0 N–H and O–H groups in total. The average molecular weight is 361 g/mol. The van der Waals surface area contributed by atoms with Crippen molar-refractivity contribution in [1.29, 1.82) is 0 Å². The molecule has 136 valence electrons. The predicted molar refractivity (Wildman–Crippen MR) is 99.4 cm³/mol. The molecule has 0 radical (unpaired) electrons. The SMILES string of the molecule is O=C(c1cc(-c2ccccc2)on1)N1CC2CC(C1)c1cccc(=O)n1C2. The molecular formula is C21H19N3O3. The summed E-state index contributed by atoms with van der Waals surface area (Å²) in [6.45, 7) is 1.92. The third kappa shape index (κ3) is 2.77. The minimum atomic E-state index is -0.109. The van der Waals surface area contributed by atoms with Crippen molar-refractivity contribution in [2.75, 3.05) is 13.1 Å². The number of aromatic nitrogens is 2. The van der Waals surface area contributed by atoms with Gasteiger partial charge in [0, 0.05) is 48.9 Å². The fraction of sp³-hybridized carbons (Fsp3) is 0.286. The van der Waals surface area contributed by atoms with Gasteiger partial charge in [-0.15, -0.1) is 0 Å². The van der Waals surface area contributed by atoms with Crippen LogP contribution >= 0.6 is 0 Å². The zero-order valence-electron chi connectivity index (χ0n) is 14.7. The van der Waals surface area contributed by atoms with Crippen LogP contribution in [0.15, 0.2) is 63.9 Å². The van der Waals surface area contributed by atoms with Gasteiger partial charge >= 0.3 is 0 Å².